The third-order valence-corrected chi connectivity index (χ3v) is 10.0. The zero-order valence-electron chi connectivity index (χ0n) is 31.2. The maximum atomic E-state index is 5.14. The first-order chi connectivity index (χ1) is 28.7. The van der Waals surface area contributed by atoms with Crippen molar-refractivity contribution in [3.63, 3.8) is 0 Å². The number of hydrogen-bond donors (Lipinski definition) is 0. The molecular weight excluding hydrogens is 711 g/mol. The zero-order valence-corrected chi connectivity index (χ0v) is 31.2. The van der Waals surface area contributed by atoms with Crippen molar-refractivity contribution < 1.29 is 0 Å². The Morgan fingerprint density at radius 1 is 0.241 bits per heavy atom. The molecule has 0 radical (unpaired) electrons. The summed E-state index contributed by atoms with van der Waals surface area (Å²) >= 11 is 0. The van der Waals surface area contributed by atoms with Gasteiger partial charge in [0, 0.05) is 29.1 Å². The molecule has 0 fully saturated rings. The molecule has 0 atom stereocenters. The summed E-state index contributed by atoms with van der Waals surface area (Å²) in [5.41, 5.74) is 13.5. The molecule has 0 aliphatic heterocycles. The second kappa shape index (κ2) is 15.2. The van der Waals surface area contributed by atoms with E-state index in [0.717, 1.165) is 72.5 Å². The SMILES string of the molecule is c1ccc(-c2cccc(-c3nc(-c4cccc(-c5ccccc5)c4)nc(-c4cccc(-c5ccc6nc(-c7ccccn7)c(-c7ccccn7)nc6c5)c4)n3)c2)cc1. The third-order valence-electron chi connectivity index (χ3n) is 10.0. The Labute approximate surface area is 335 Å². The van der Waals surface area contributed by atoms with E-state index < -0.39 is 0 Å². The molecule has 0 spiro atoms. The van der Waals surface area contributed by atoms with Gasteiger partial charge < -0.3 is 0 Å². The van der Waals surface area contributed by atoms with Gasteiger partial charge in [0.25, 0.3) is 0 Å². The van der Waals surface area contributed by atoms with Gasteiger partial charge in [0.2, 0.25) is 0 Å². The van der Waals surface area contributed by atoms with Crippen LogP contribution in [0.25, 0.3) is 101 Å². The number of rotatable bonds is 8. The van der Waals surface area contributed by atoms with Crippen LogP contribution in [0, 0.1) is 0 Å². The van der Waals surface area contributed by atoms with Gasteiger partial charge in [-0.15, -0.1) is 0 Å². The number of pyridine rings is 2. The average molecular weight is 744 g/mol. The van der Waals surface area contributed by atoms with Gasteiger partial charge in [-0.25, -0.2) is 24.9 Å². The predicted octanol–water partition coefficient (Wildman–Crippen LogP) is 11.9. The van der Waals surface area contributed by atoms with E-state index in [4.69, 9.17) is 24.9 Å². The normalized spacial score (nSPS) is 11.1. The summed E-state index contributed by atoms with van der Waals surface area (Å²) < 4.78 is 0. The Kier molecular flexibility index (Phi) is 9.06. The lowest BCUT2D eigenvalue weighted by Gasteiger charge is -2.12. The van der Waals surface area contributed by atoms with Crippen LogP contribution in [0.3, 0.4) is 0 Å². The van der Waals surface area contributed by atoms with Crippen LogP contribution >= 0.6 is 0 Å². The van der Waals surface area contributed by atoms with Gasteiger partial charge in [-0.2, -0.15) is 0 Å². The van der Waals surface area contributed by atoms with Crippen molar-refractivity contribution in [2.24, 2.45) is 0 Å². The highest BCUT2D eigenvalue weighted by Crippen LogP contribution is 2.34. The fraction of sp³-hybridized carbons (Fsp3) is 0. The number of hydrogen-bond acceptors (Lipinski definition) is 7. The van der Waals surface area contributed by atoms with Gasteiger partial charge in [0.05, 0.1) is 22.4 Å². The molecule has 10 rings (SSSR count). The summed E-state index contributed by atoms with van der Waals surface area (Å²) in [5.74, 6) is 1.77. The van der Waals surface area contributed by atoms with E-state index in [1.54, 1.807) is 12.4 Å². The minimum absolute atomic E-state index is 0.579. The Bertz CT molecular complexity index is 2950. The summed E-state index contributed by atoms with van der Waals surface area (Å²) in [5, 5.41) is 0. The summed E-state index contributed by atoms with van der Waals surface area (Å²) in [6, 6.07) is 63.5. The monoisotopic (exact) mass is 743 g/mol. The van der Waals surface area contributed by atoms with Crippen LogP contribution in [-0.2, 0) is 0 Å². The fourth-order valence-electron chi connectivity index (χ4n) is 7.13. The van der Waals surface area contributed by atoms with E-state index >= 15 is 0 Å². The van der Waals surface area contributed by atoms with Crippen LogP contribution < -0.4 is 0 Å². The van der Waals surface area contributed by atoms with Crippen molar-refractivity contribution >= 4 is 11.0 Å². The van der Waals surface area contributed by atoms with Gasteiger partial charge >= 0.3 is 0 Å². The Morgan fingerprint density at radius 3 is 1.07 bits per heavy atom. The molecule has 0 N–H and O–H groups in total. The molecule has 272 valence electrons. The van der Waals surface area contributed by atoms with E-state index in [1.165, 1.54) is 0 Å². The topological polar surface area (TPSA) is 90.2 Å². The molecule has 4 heterocycles. The molecular formula is C51H33N7. The van der Waals surface area contributed by atoms with Crippen LogP contribution in [-0.4, -0.2) is 34.9 Å². The van der Waals surface area contributed by atoms with Gasteiger partial charge in [-0.05, 0) is 88.0 Å². The first-order valence-electron chi connectivity index (χ1n) is 19.1. The minimum atomic E-state index is 0.579. The van der Waals surface area contributed by atoms with Crippen molar-refractivity contribution in [3.05, 3.63) is 200 Å². The molecule has 7 nitrogen and oxygen atoms in total. The van der Waals surface area contributed by atoms with Gasteiger partial charge in [0.1, 0.15) is 11.4 Å². The van der Waals surface area contributed by atoms with Crippen molar-refractivity contribution in [3.8, 4) is 90.3 Å². The Hall–Kier alpha value is -8.03. The van der Waals surface area contributed by atoms with E-state index in [1.807, 2.05) is 66.7 Å². The first kappa shape index (κ1) is 34.5. The summed E-state index contributed by atoms with van der Waals surface area (Å²) in [7, 11) is 0. The van der Waals surface area contributed by atoms with Crippen LogP contribution in [0.5, 0.6) is 0 Å². The van der Waals surface area contributed by atoms with Gasteiger partial charge in [-0.3, -0.25) is 9.97 Å². The number of benzene rings is 6. The molecule has 7 heteroatoms. The molecule has 10 aromatic rings. The minimum Gasteiger partial charge on any atom is -0.255 e. The van der Waals surface area contributed by atoms with Crippen LogP contribution in [0.1, 0.15) is 0 Å². The summed E-state index contributed by atoms with van der Waals surface area (Å²) in [4.78, 5) is 34.7. The maximum Gasteiger partial charge on any atom is 0.164 e. The Morgan fingerprint density at radius 2 is 0.621 bits per heavy atom. The molecule has 0 saturated carbocycles. The molecule has 0 aliphatic carbocycles. The molecule has 6 aromatic carbocycles. The lowest BCUT2D eigenvalue weighted by atomic mass is 10.0. The third kappa shape index (κ3) is 7.00. The van der Waals surface area contributed by atoms with E-state index in [0.29, 0.717) is 28.9 Å². The highest BCUT2D eigenvalue weighted by atomic mass is 15.0. The lowest BCUT2D eigenvalue weighted by Crippen LogP contribution is -2.00. The summed E-state index contributed by atoms with van der Waals surface area (Å²) in [6.07, 6.45) is 3.53. The molecule has 58 heavy (non-hydrogen) atoms. The highest BCUT2D eigenvalue weighted by Gasteiger charge is 2.17. The van der Waals surface area contributed by atoms with Crippen molar-refractivity contribution in [2.75, 3.05) is 0 Å². The van der Waals surface area contributed by atoms with Crippen molar-refractivity contribution in [2.45, 2.75) is 0 Å². The number of fused-ring (bicyclic) bond motifs is 1. The number of nitrogens with zero attached hydrogens (tertiary/aromatic N) is 7. The lowest BCUT2D eigenvalue weighted by molar-refractivity contribution is 1.07. The first-order valence-corrected chi connectivity index (χ1v) is 19.1. The smallest absolute Gasteiger partial charge is 0.164 e. The largest absolute Gasteiger partial charge is 0.255 e. The molecule has 0 saturated heterocycles. The average Bonchev–Trinajstić information content (AvgIpc) is 3.32. The molecule has 0 aliphatic rings. The number of aromatic nitrogens is 7. The summed E-state index contributed by atoms with van der Waals surface area (Å²) in [6.45, 7) is 0. The van der Waals surface area contributed by atoms with Crippen LogP contribution in [0.4, 0.5) is 0 Å². The second-order valence-electron chi connectivity index (χ2n) is 13.8. The van der Waals surface area contributed by atoms with Crippen LogP contribution in [0.15, 0.2) is 200 Å². The van der Waals surface area contributed by atoms with Crippen molar-refractivity contribution in [1.29, 1.82) is 0 Å². The van der Waals surface area contributed by atoms with Crippen molar-refractivity contribution in [1.82, 2.24) is 34.9 Å². The van der Waals surface area contributed by atoms with Crippen LogP contribution in [0.2, 0.25) is 0 Å². The Balaban J connectivity index is 1.08. The molecule has 0 bridgehead atoms. The molecule has 0 unspecified atom stereocenters. The predicted molar refractivity (Wildman–Crippen MR) is 232 cm³/mol. The van der Waals surface area contributed by atoms with E-state index in [9.17, 15) is 0 Å². The van der Waals surface area contributed by atoms with Gasteiger partial charge in [-0.1, -0.05) is 133 Å². The van der Waals surface area contributed by atoms with Gasteiger partial charge in [0.15, 0.2) is 17.5 Å². The molecule has 0 amide bonds. The quantitative estimate of drug-likeness (QED) is 0.153. The molecule has 4 aromatic heterocycles. The standard InChI is InChI=1S/C51H33N7/c1-3-14-34(15-4-1)36-18-11-21-40(30-36)49-56-50(41-22-12-19-37(31-41)35-16-5-2-6-17-35)58-51(57-49)42-23-13-20-38(32-42)39-26-27-43-46(33-39)55-48(45-25-8-10-29-53-45)47(54-43)44-24-7-9-28-52-44/h1-33H. The fourth-order valence-corrected chi connectivity index (χ4v) is 7.13. The van der Waals surface area contributed by atoms with E-state index in [-0.39, 0.29) is 0 Å². The second-order valence-corrected chi connectivity index (χ2v) is 13.8. The maximum absolute atomic E-state index is 5.14. The zero-order chi connectivity index (χ0) is 38.7. The highest BCUT2D eigenvalue weighted by molar-refractivity contribution is 5.88. The van der Waals surface area contributed by atoms with E-state index in [2.05, 4.69) is 131 Å².